The summed E-state index contributed by atoms with van der Waals surface area (Å²) in [5.74, 6) is 1.54. The van der Waals surface area contributed by atoms with Gasteiger partial charge in [-0.2, -0.15) is 0 Å². The van der Waals surface area contributed by atoms with Crippen LogP contribution in [0.15, 0.2) is 187 Å². The number of benzene rings is 6. The molecule has 1 nitrogen and oxygen atoms in total. The van der Waals surface area contributed by atoms with Crippen LogP contribution in [0.1, 0.15) is 12.5 Å². The smallest absolute Gasteiger partial charge is 0.127 e. The Hall–Kier alpha value is -5.66. The highest BCUT2D eigenvalue weighted by Crippen LogP contribution is 2.56. The Morgan fingerprint density at radius 3 is 2.02 bits per heavy atom. The van der Waals surface area contributed by atoms with E-state index in [9.17, 15) is 0 Å². The molecule has 0 saturated heterocycles. The van der Waals surface area contributed by atoms with Gasteiger partial charge in [-0.3, -0.25) is 0 Å². The molecule has 1 heterocycles. The number of rotatable bonds is 3. The monoisotopic (exact) mass is 614 g/mol. The fourth-order valence-corrected chi connectivity index (χ4v) is 8.94. The minimum Gasteiger partial charge on any atom is -0.488 e. The van der Waals surface area contributed by atoms with Crippen LogP contribution < -0.4 is 0 Å². The molecule has 0 spiro atoms. The number of hydrogen-bond acceptors (Lipinski definition) is 1. The van der Waals surface area contributed by atoms with Gasteiger partial charge in [0.1, 0.15) is 11.9 Å². The van der Waals surface area contributed by atoms with Crippen molar-refractivity contribution in [3.8, 4) is 22.3 Å². The molecule has 48 heavy (non-hydrogen) atoms. The first-order valence-corrected chi connectivity index (χ1v) is 17.1. The van der Waals surface area contributed by atoms with Crippen LogP contribution >= 0.6 is 0 Å². The molecule has 0 aromatic heterocycles. The van der Waals surface area contributed by atoms with Gasteiger partial charge in [0.15, 0.2) is 0 Å². The predicted molar refractivity (Wildman–Crippen MR) is 201 cm³/mol. The van der Waals surface area contributed by atoms with Gasteiger partial charge in [0.05, 0.1) is 5.41 Å². The van der Waals surface area contributed by atoms with Crippen molar-refractivity contribution in [2.24, 2.45) is 11.8 Å². The van der Waals surface area contributed by atoms with Gasteiger partial charge in [0.2, 0.25) is 0 Å². The lowest BCUT2D eigenvalue weighted by molar-refractivity contribution is 0.124. The van der Waals surface area contributed by atoms with Crippen molar-refractivity contribution < 1.29 is 4.74 Å². The third kappa shape index (κ3) is 3.85. The van der Waals surface area contributed by atoms with Crippen molar-refractivity contribution >= 4 is 32.3 Å². The summed E-state index contributed by atoms with van der Waals surface area (Å²) < 4.78 is 6.91. The molecule has 0 radical (unpaired) electrons. The average molecular weight is 615 g/mol. The molecule has 6 aromatic rings. The molecule has 4 unspecified atom stereocenters. The Kier molecular flexibility index (Phi) is 5.96. The van der Waals surface area contributed by atoms with Gasteiger partial charge < -0.3 is 4.74 Å². The predicted octanol–water partition coefficient (Wildman–Crippen LogP) is 11.8. The molecule has 4 aliphatic rings. The van der Waals surface area contributed by atoms with Crippen LogP contribution in [0.3, 0.4) is 0 Å². The second kappa shape index (κ2) is 10.4. The van der Waals surface area contributed by atoms with E-state index >= 15 is 0 Å². The maximum atomic E-state index is 6.91. The number of ether oxygens (including phenoxy) is 1. The summed E-state index contributed by atoms with van der Waals surface area (Å²) >= 11 is 0. The second-order valence-corrected chi connectivity index (χ2v) is 13.7. The summed E-state index contributed by atoms with van der Waals surface area (Å²) in [5, 5.41) is 7.62. The van der Waals surface area contributed by atoms with Crippen LogP contribution in [0.4, 0.5) is 0 Å². The van der Waals surface area contributed by atoms with E-state index < -0.39 is 0 Å². The molecule has 3 aliphatic carbocycles. The number of allylic oxidation sites excluding steroid dienone is 9. The van der Waals surface area contributed by atoms with Gasteiger partial charge in [-0.25, -0.2) is 0 Å². The first-order valence-electron chi connectivity index (χ1n) is 17.1. The minimum atomic E-state index is -0.357. The molecule has 0 saturated carbocycles. The quantitative estimate of drug-likeness (QED) is 0.180. The van der Waals surface area contributed by atoms with Crippen molar-refractivity contribution in [3.05, 3.63) is 192 Å². The fraction of sp³-hybridized carbons (Fsp3) is 0.106. The highest BCUT2D eigenvalue weighted by atomic mass is 16.5. The summed E-state index contributed by atoms with van der Waals surface area (Å²) in [5.41, 5.74) is 8.67. The van der Waals surface area contributed by atoms with Crippen LogP contribution in [0.2, 0.25) is 0 Å². The van der Waals surface area contributed by atoms with Gasteiger partial charge >= 0.3 is 0 Å². The SMILES string of the molecule is CC1(c2cccc(-c3c4ccccc4c(-c4cccc5ccccc45)c4ccccc34)c2)C2=C(C=C3C=CC=CC31)C1C=CC=CC1O2. The highest BCUT2D eigenvalue weighted by molar-refractivity contribution is 6.23. The summed E-state index contributed by atoms with van der Waals surface area (Å²) in [6, 6.07) is 42.7. The number of hydrogen-bond donors (Lipinski definition) is 0. The fourth-order valence-electron chi connectivity index (χ4n) is 8.94. The van der Waals surface area contributed by atoms with Gasteiger partial charge in [0.25, 0.3) is 0 Å². The molecule has 228 valence electrons. The van der Waals surface area contributed by atoms with Crippen LogP contribution in [-0.2, 0) is 10.2 Å². The first kappa shape index (κ1) is 27.5. The maximum absolute atomic E-state index is 6.91. The third-order valence-corrected chi connectivity index (χ3v) is 11.2. The molecular formula is C47H34O. The average Bonchev–Trinajstić information content (AvgIpc) is 3.53. The van der Waals surface area contributed by atoms with Crippen LogP contribution in [0, 0.1) is 11.8 Å². The van der Waals surface area contributed by atoms with Crippen LogP contribution in [0.25, 0.3) is 54.6 Å². The largest absolute Gasteiger partial charge is 0.488 e. The van der Waals surface area contributed by atoms with Gasteiger partial charge in [-0.1, -0.05) is 164 Å². The Labute approximate surface area is 281 Å². The van der Waals surface area contributed by atoms with E-state index in [-0.39, 0.29) is 23.4 Å². The van der Waals surface area contributed by atoms with Crippen molar-refractivity contribution in [1.82, 2.24) is 0 Å². The lowest BCUT2D eigenvalue weighted by atomic mass is 9.62. The van der Waals surface area contributed by atoms with E-state index in [2.05, 4.69) is 177 Å². The molecule has 10 rings (SSSR count). The van der Waals surface area contributed by atoms with E-state index in [1.165, 1.54) is 71.3 Å². The zero-order chi connectivity index (χ0) is 31.8. The van der Waals surface area contributed by atoms with E-state index in [0.717, 1.165) is 5.76 Å². The molecule has 1 heteroatoms. The van der Waals surface area contributed by atoms with Crippen molar-refractivity contribution in [2.45, 2.75) is 18.4 Å². The van der Waals surface area contributed by atoms with Crippen LogP contribution in [0.5, 0.6) is 0 Å². The van der Waals surface area contributed by atoms with Gasteiger partial charge in [0, 0.05) is 17.4 Å². The topological polar surface area (TPSA) is 9.23 Å². The Morgan fingerprint density at radius 2 is 1.23 bits per heavy atom. The molecule has 0 fully saturated rings. The Bertz CT molecular complexity index is 2450. The molecule has 0 N–H and O–H groups in total. The third-order valence-electron chi connectivity index (χ3n) is 11.2. The standard InChI is InChI=1S/C47H34O/c1-47(42-26-10-3-15-31(42)29-41-35-20-9-11-27-43(35)48-46(41)47)33-18-12-17-32(28-33)44-37-21-5-7-23-39(37)45(40-24-8-6-22-38(40)44)36-25-13-16-30-14-2-4-19-34(30)36/h2-29,35,42-43H,1H3. The molecular weight excluding hydrogens is 581 g/mol. The lowest BCUT2D eigenvalue weighted by Gasteiger charge is -2.42. The summed E-state index contributed by atoms with van der Waals surface area (Å²) in [7, 11) is 0. The number of fused-ring (bicyclic) bond motifs is 6. The van der Waals surface area contributed by atoms with E-state index in [4.69, 9.17) is 4.74 Å². The summed E-state index contributed by atoms with van der Waals surface area (Å²) in [6.07, 6.45) is 20.3. The molecule has 6 aromatic carbocycles. The van der Waals surface area contributed by atoms with E-state index in [0.29, 0.717) is 0 Å². The maximum Gasteiger partial charge on any atom is 0.127 e. The molecule has 0 bridgehead atoms. The summed E-state index contributed by atoms with van der Waals surface area (Å²) in [4.78, 5) is 0. The zero-order valence-corrected chi connectivity index (χ0v) is 26.8. The van der Waals surface area contributed by atoms with Gasteiger partial charge in [-0.15, -0.1) is 0 Å². The van der Waals surface area contributed by atoms with Crippen molar-refractivity contribution in [2.75, 3.05) is 0 Å². The normalized spacial score (nSPS) is 23.7. The molecule has 1 aliphatic heterocycles. The Balaban J connectivity index is 1.22. The highest BCUT2D eigenvalue weighted by Gasteiger charge is 2.50. The minimum absolute atomic E-state index is 0.0435. The van der Waals surface area contributed by atoms with E-state index in [1.807, 2.05) is 0 Å². The molecule has 0 amide bonds. The summed E-state index contributed by atoms with van der Waals surface area (Å²) in [6.45, 7) is 2.40. The first-order chi connectivity index (χ1) is 23.7. The van der Waals surface area contributed by atoms with Gasteiger partial charge in [-0.05, 0) is 78.7 Å². The van der Waals surface area contributed by atoms with Crippen molar-refractivity contribution in [3.63, 3.8) is 0 Å². The van der Waals surface area contributed by atoms with Crippen LogP contribution in [-0.4, -0.2) is 6.10 Å². The molecule has 4 atom stereocenters. The zero-order valence-electron chi connectivity index (χ0n) is 26.8. The Morgan fingerprint density at radius 1 is 0.583 bits per heavy atom. The van der Waals surface area contributed by atoms with E-state index in [1.54, 1.807) is 0 Å². The second-order valence-electron chi connectivity index (χ2n) is 13.7. The van der Waals surface area contributed by atoms with Crippen molar-refractivity contribution in [1.29, 1.82) is 0 Å². The lowest BCUT2D eigenvalue weighted by Crippen LogP contribution is -2.37.